The summed E-state index contributed by atoms with van der Waals surface area (Å²) >= 11 is 0. The van der Waals surface area contributed by atoms with E-state index in [2.05, 4.69) is 10.3 Å². The number of pyridine rings is 1. The predicted molar refractivity (Wildman–Crippen MR) is 95.7 cm³/mol. The molecule has 2 atom stereocenters. The minimum absolute atomic E-state index is 0.0791. The number of aromatic nitrogens is 1. The highest BCUT2D eigenvalue weighted by Gasteiger charge is 2.30. The Morgan fingerprint density at radius 2 is 1.92 bits per heavy atom. The second-order valence-electron chi connectivity index (χ2n) is 6.59. The van der Waals surface area contributed by atoms with Crippen LogP contribution in [0.4, 0.5) is 0 Å². The number of carboxylic acids is 1. The van der Waals surface area contributed by atoms with Crippen molar-refractivity contribution in [3.05, 3.63) is 54.4 Å². The van der Waals surface area contributed by atoms with Gasteiger partial charge in [0.15, 0.2) is 0 Å². The summed E-state index contributed by atoms with van der Waals surface area (Å²) < 4.78 is 5.40. The molecule has 4 rings (SSSR count). The second kappa shape index (κ2) is 6.63. The van der Waals surface area contributed by atoms with E-state index in [9.17, 15) is 9.59 Å². The molecule has 2 aromatic heterocycles. The van der Waals surface area contributed by atoms with Gasteiger partial charge in [0.25, 0.3) is 5.91 Å². The number of hydrogen-bond acceptors (Lipinski definition) is 4. The van der Waals surface area contributed by atoms with Crippen LogP contribution in [0.1, 0.15) is 29.6 Å². The number of nitrogens with one attached hydrogen (secondary N) is 1. The fraction of sp³-hybridized carbons (Fsp3) is 0.250. The Labute approximate surface area is 149 Å². The van der Waals surface area contributed by atoms with E-state index in [1.54, 1.807) is 24.6 Å². The zero-order valence-corrected chi connectivity index (χ0v) is 14.0. The molecule has 0 unspecified atom stereocenters. The van der Waals surface area contributed by atoms with Gasteiger partial charge >= 0.3 is 5.97 Å². The molecule has 1 saturated carbocycles. The van der Waals surface area contributed by atoms with E-state index >= 15 is 0 Å². The number of fused-ring (bicyclic) bond motifs is 1. The molecular weight excluding hydrogens is 332 g/mol. The molecule has 3 aromatic rings. The minimum Gasteiger partial charge on any atom is -0.481 e. The molecule has 1 fully saturated rings. The third kappa shape index (κ3) is 3.06. The van der Waals surface area contributed by atoms with Gasteiger partial charge in [0.2, 0.25) is 0 Å². The van der Waals surface area contributed by atoms with Crippen LogP contribution in [0.3, 0.4) is 0 Å². The van der Waals surface area contributed by atoms with Crippen LogP contribution in [0.15, 0.2) is 53.3 Å². The summed E-state index contributed by atoms with van der Waals surface area (Å²) in [5.74, 6) is -1.32. The molecule has 0 aliphatic heterocycles. The van der Waals surface area contributed by atoms with Crippen LogP contribution in [0, 0.1) is 5.92 Å². The Balaban J connectivity index is 1.48. The van der Waals surface area contributed by atoms with E-state index in [1.165, 1.54) is 0 Å². The first kappa shape index (κ1) is 16.3. The van der Waals surface area contributed by atoms with E-state index in [0.717, 1.165) is 22.2 Å². The molecule has 0 bridgehead atoms. The van der Waals surface area contributed by atoms with Crippen LogP contribution in [-0.2, 0) is 4.79 Å². The van der Waals surface area contributed by atoms with Gasteiger partial charge in [-0.15, -0.1) is 0 Å². The average Bonchev–Trinajstić information content (AvgIpc) is 3.30. The van der Waals surface area contributed by atoms with Crippen LogP contribution >= 0.6 is 0 Å². The number of furan rings is 1. The first-order valence-electron chi connectivity index (χ1n) is 8.58. The number of rotatable bonds is 4. The molecule has 132 valence electrons. The van der Waals surface area contributed by atoms with Gasteiger partial charge in [-0.1, -0.05) is 12.1 Å². The molecule has 0 radical (unpaired) electrons. The number of carbonyl (C=O) groups excluding carboxylic acids is 1. The van der Waals surface area contributed by atoms with E-state index in [4.69, 9.17) is 9.52 Å². The van der Waals surface area contributed by atoms with Crippen LogP contribution in [-0.4, -0.2) is 28.0 Å². The van der Waals surface area contributed by atoms with Crippen molar-refractivity contribution in [1.29, 1.82) is 0 Å². The second-order valence-corrected chi connectivity index (χ2v) is 6.59. The zero-order chi connectivity index (χ0) is 18.1. The topological polar surface area (TPSA) is 92.4 Å². The van der Waals surface area contributed by atoms with Gasteiger partial charge < -0.3 is 14.8 Å². The number of carboxylic acid groups (broad SMARTS) is 1. The molecule has 1 aromatic carbocycles. The first-order chi connectivity index (χ1) is 12.6. The summed E-state index contributed by atoms with van der Waals surface area (Å²) in [5.41, 5.74) is 3.03. The van der Waals surface area contributed by atoms with Gasteiger partial charge in [-0.05, 0) is 43.5 Å². The SMILES string of the molecule is O=C(N[C@@H]1CC[C@@H](C(=O)O)C1)c1ccc(-c2nccc3occc23)cc1. The Morgan fingerprint density at radius 3 is 2.65 bits per heavy atom. The maximum absolute atomic E-state index is 12.4. The fourth-order valence-electron chi connectivity index (χ4n) is 3.51. The lowest BCUT2D eigenvalue weighted by atomic mass is 10.1. The van der Waals surface area contributed by atoms with Gasteiger partial charge in [-0.2, -0.15) is 0 Å². The highest BCUT2D eigenvalue weighted by atomic mass is 16.4. The molecule has 2 N–H and O–H groups in total. The summed E-state index contributed by atoms with van der Waals surface area (Å²) in [4.78, 5) is 27.8. The highest BCUT2D eigenvalue weighted by molar-refractivity contribution is 5.96. The van der Waals surface area contributed by atoms with Crippen molar-refractivity contribution < 1.29 is 19.1 Å². The van der Waals surface area contributed by atoms with Gasteiger partial charge in [0.1, 0.15) is 5.58 Å². The lowest BCUT2D eigenvalue weighted by Gasteiger charge is -2.12. The first-order valence-corrected chi connectivity index (χ1v) is 8.58. The quantitative estimate of drug-likeness (QED) is 0.751. The van der Waals surface area contributed by atoms with Crippen molar-refractivity contribution in [3.63, 3.8) is 0 Å². The number of aliphatic carboxylic acids is 1. The molecule has 1 amide bonds. The largest absolute Gasteiger partial charge is 0.481 e. The molecule has 0 saturated heterocycles. The Kier molecular flexibility index (Phi) is 4.16. The fourth-order valence-corrected chi connectivity index (χ4v) is 3.51. The molecule has 26 heavy (non-hydrogen) atoms. The van der Waals surface area contributed by atoms with Crippen molar-refractivity contribution in [1.82, 2.24) is 10.3 Å². The Morgan fingerprint density at radius 1 is 1.12 bits per heavy atom. The zero-order valence-electron chi connectivity index (χ0n) is 14.0. The maximum atomic E-state index is 12.4. The lowest BCUT2D eigenvalue weighted by molar-refractivity contribution is -0.141. The molecule has 6 nitrogen and oxygen atoms in total. The summed E-state index contributed by atoms with van der Waals surface area (Å²) in [7, 11) is 0. The van der Waals surface area contributed by atoms with Crippen molar-refractivity contribution in [2.45, 2.75) is 25.3 Å². The van der Waals surface area contributed by atoms with E-state index in [-0.39, 0.29) is 17.9 Å². The third-order valence-electron chi connectivity index (χ3n) is 4.92. The van der Waals surface area contributed by atoms with Crippen LogP contribution < -0.4 is 5.32 Å². The van der Waals surface area contributed by atoms with E-state index in [1.807, 2.05) is 24.3 Å². The standard InChI is InChI=1S/C20H18N2O4/c23-19(22-15-6-5-14(11-15)20(24)25)13-3-1-12(2-4-13)18-16-8-10-26-17(16)7-9-21-18/h1-4,7-10,14-15H,5-6,11H2,(H,22,23)(H,24,25)/t14-,15-/m1/s1. The van der Waals surface area contributed by atoms with Crippen molar-refractivity contribution >= 4 is 22.8 Å². The van der Waals surface area contributed by atoms with Gasteiger partial charge in [0.05, 0.1) is 17.9 Å². The summed E-state index contributed by atoms with van der Waals surface area (Å²) in [5, 5.41) is 12.9. The van der Waals surface area contributed by atoms with Crippen LogP contribution in [0.5, 0.6) is 0 Å². The number of benzene rings is 1. The monoisotopic (exact) mass is 350 g/mol. The smallest absolute Gasteiger partial charge is 0.306 e. The number of hydrogen-bond donors (Lipinski definition) is 2. The van der Waals surface area contributed by atoms with Gasteiger partial charge in [-0.25, -0.2) is 0 Å². The number of amides is 1. The lowest BCUT2D eigenvalue weighted by Crippen LogP contribution is -2.33. The Hall–Kier alpha value is -3.15. The Bertz CT molecular complexity index is 961. The molecule has 2 heterocycles. The average molecular weight is 350 g/mol. The van der Waals surface area contributed by atoms with E-state index in [0.29, 0.717) is 24.8 Å². The van der Waals surface area contributed by atoms with Gasteiger partial charge in [-0.3, -0.25) is 14.6 Å². The van der Waals surface area contributed by atoms with Crippen LogP contribution in [0.2, 0.25) is 0 Å². The number of nitrogens with zero attached hydrogens (tertiary/aromatic N) is 1. The van der Waals surface area contributed by atoms with Crippen molar-refractivity contribution in [2.75, 3.05) is 0 Å². The van der Waals surface area contributed by atoms with Gasteiger partial charge in [0, 0.05) is 28.8 Å². The number of carbonyl (C=O) groups is 2. The minimum atomic E-state index is -0.785. The third-order valence-corrected chi connectivity index (χ3v) is 4.92. The van der Waals surface area contributed by atoms with E-state index < -0.39 is 5.97 Å². The normalized spacial score (nSPS) is 19.5. The molecule has 1 aliphatic carbocycles. The molecule has 1 aliphatic rings. The van der Waals surface area contributed by atoms with Crippen molar-refractivity contribution in [3.8, 4) is 11.3 Å². The summed E-state index contributed by atoms with van der Waals surface area (Å²) in [6.07, 6.45) is 5.13. The highest BCUT2D eigenvalue weighted by Crippen LogP contribution is 2.28. The molecule has 0 spiro atoms. The van der Waals surface area contributed by atoms with Crippen LogP contribution in [0.25, 0.3) is 22.2 Å². The molecular formula is C20H18N2O4. The van der Waals surface area contributed by atoms with Crippen molar-refractivity contribution in [2.24, 2.45) is 5.92 Å². The predicted octanol–water partition coefficient (Wildman–Crippen LogP) is 3.48. The maximum Gasteiger partial charge on any atom is 0.306 e. The molecule has 6 heteroatoms. The summed E-state index contributed by atoms with van der Waals surface area (Å²) in [6.45, 7) is 0. The summed E-state index contributed by atoms with van der Waals surface area (Å²) in [6, 6.07) is 10.8.